The molecule has 0 fully saturated rings. The molecule has 2 N–H and O–H groups in total. The van der Waals surface area contributed by atoms with Crippen LogP contribution in [0.2, 0.25) is 5.02 Å². The molecule has 1 amide bonds. The van der Waals surface area contributed by atoms with E-state index in [1.165, 1.54) is 25.2 Å². The van der Waals surface area contributed by atoms with Crippen molar-refractivity contribution in [1.29, 1.82) is 0 Å². The molecule has 8 heteroatoms. The fourth-order valence-corrected chi connectivity index (χ4v) is 3.74. The van der Waals surface area contributed by atoms with Crippen LogP contribution in [0, 0.1) is 0 Å². The Hall–Kier alpha value is -1.93. The Morgan fingerprint density at radius 3 is 2.38 bits per heavy atom. The van der Waals surface area contributed by atoms with Crippen molar-refractivity contribution in [3.05, 3.63) is 64.7 Å². The molecule has 0 saturated heterocycles. The number of benzene rings is 2. The summed E-state index contributed by atoms with van der Waals surface area (Å²) in [5, 5.41) is 3.02. The molecule has 0 radical (unpaired) electrons. The zero-order valence-electron chi connectivity index (χ0n) is 14.9. The van der Waals surface area contributed by atoms with E-state index in [0.717, 1.165) is 5.56 Å². The van der Waals surface area contributed by atoms with Gasteiger partial charge < -0.3 is 10.2 Å². The SMILES string of the molecule is CNS(=O)(=O)c1cc(C(=O)N[C@H](CN(C)C)c2ccccc2)ccc1Cl. The molecule has 2 aromatic carbocycles. The van der Waals surface area contributed by atoms with Crippen LogP contribution in [0.4, 0.5) is 0 Å². The van der Waals surface area contributed by atoms with Crippen LogP contribution in [0.1, 0.15) is 22.0 Å². The summed E-state index contributed by atoms with van der Waals surface area (Å²) in [6.45, 7) is 0.602. The van der Waals surface area contributed by atoms with E-state index in [1.807, 2.05) is 49.3 Å². The van der Waals surface area contributed by atoms with Crippen molar-refractivity contribution in [3.8, 4) is 0 Å². The second-order valence-corrected chi connectivity index (χ2v) is 8.31. The Morgan fingerprint density at radius 1 is 1.15 bits per heavy atom. The first kappa shape index (κ1) is 20.4. The predicted octanol–water partition coefficient (Wildman–Crippen LogP) is 2.28. The molecule has 0 heterocycles. The van der Waals surface area contributed by atoms with Crippen LogP contribution in [0.25, 0.3) is 0 Å². The number of halogens is 1. The molecule has 0 aromatic heterocycles. The molecule has 26 heavy (non-hydrogen) atoms. The van der Waals surface area contributed by atoms with Crippen molar-refractivity contribution >= 4 is 27.5 Å². The molecule has 2 aromatic rings. The third-order valence-electron chi connectivity index (χ3n) is 3.81. The van der Waals surface area contributed by atoms with Crippen molar-refractivity contribution in [2.75, 3.05) is 27.7 Å². The molecule has 0 spiro atoms. The Morgan fingerprint density at radius 2 is 1.81 bits per heavy atom. The van der Waals surface area contributed by atoms with Crippen LogP contribution >= 0.6 is 11.6 Å². The van der Waals surface area contributed by atoms with Gasteiger partial charge in [-0.1, -0.05) is 41.9 Å². The van der Waals surface area contributed by atoms with Crippen LogP contribution in [0.15, 0.2) is 53.4 Å². The van der Waals surface area contributed by atoms with E-state index in [-0.39, 0.29) is 27.4 Å². The van der Waals surface area contributed by atoms with Gasteiger partial charge in [0.25, 0.3) is 5.91 Å². The zero-order valence-corrected chi connectivity index (χ0v) is 16.4. The van der Waals surface area contributed by atoms with Gasteiger partial charge >= 0.3 is 0 Å². The first-order chi connectivity index (χ1) is 12.2. The molecule has 2 rings (SSSR count). The van der Waals surface area contributed by atoms with Gasteiger partial charge in [0.05, 0.1) is 11.1 Å². The average Bonchev–Trinajstić information content (AvgIpc) is 2.61. The molecular weight excluding hydrogens is 374 g/mol. The highest BCUT2D eigenvalue weighted by molar-refractivity contribution is 7.89. The minimum atomic E-state index is -3.75. The van der Waals surface area contributed by atoms with E-state index >= 15 is 0 Å². The molecule has 0 unspecified atom stereocenters. The highest BCUT2D eigenvalue weighted by atomic mass is 35.5. The summed E-state index contributed by atoms with van der Waals surface area (Å²) in [6.07, 6.45) is 0. The molecule has 6 nitrogen and oxygen atoms in total. The predicted molar refractivity (Wildman–Crippen MR) is 103 cm³/mol. The highest BCUT2D eigenvalue weighted by Crippen LogP contribution is 2.23. The van der Waals surface area contributed by atoms with Crippen molar-refractivity contribution in [2.45, 2.75) is 10.9 Å². The standard InChI is InChI=1S/C18H22ClN3O3S/c1-20-26(24,25)17-11-14(9-10-15(17)19)18(23)21-16(12-22(2)3)13-7-5-4-6-8-13/h4-11,16,20H,12H2,1-3H3,(H,21,23)/t16-/m1/s1. The minimum Gasteiger partial charge on any atom is -0.344 e. The van der Waals surface area contributed by atoms with E-state index in [4.69, 9.17) is 11.6 Å². The first-order valence-corrected chi connectivity index (χ1v) is 9.84. The minimum absolute atomic E-state index is 0.0591. The lowest BCUT2D eigenvalue weighted by molar-refractivity contribution is 0.0929. The smallest absolute Gasteiger partial charge is 0.251 e. The summed E-state index contributed by atoms with van der Waals surface area (Å²) in [7, 11) is 1.38. The summed E-state index contributed by atoms with van der Waals surface area (Å²) in [5.74, 6) is -0.370. The molecule has 0 bridgehead atoms. The van der Waals surface area contributed by atoms with E-state index in [9.17, 15) is 13.2 Å². The van der Waals surface area contributed by atoms with Crippen LogP contribution in [-0.2, 0) is 10.0 Å². The Balaban J connectivity index is 2.31. The monoisotopic (exact) mass is 395 g/mol. The molecule has 140 valence electrons. The van der Waals surface area contributed by atoms with E-state index in [1.54, 1.807) is 0 Å². The number of sulfonamides is 1. The topological polar surface area (TPSA) is 78.5 Å². The van der Waals surface area contributed by atoms with Crippen LogP contribution in [0.5, 0.6) is 0 Å². The number of likely N-dealkylation sites (N-methyl/N-ethyl adjacent to an activating group) is 1. The average molecular weight is 396 g/mol. The van der Waals surface area contributed by atoms with Gasteiger partial charge in [-0.2, -0.15) is 0 Å². The van der Waals surface area contributed by atoms with Crippen molar-refractivity contribution < 1.29 is 13.2 Å². The molecule has 1 atom stereocenters. The fraction of sp³-hybridized carbons (Fsp3) is 0.278. The third-order valence-corrected chi connectivity index (χ3v) is 5.70. The highest BCUT2D eigenvalue weighted by Gasteiger charge is 2.21. The van der Waals surface area contributed by atoms with Crippen LogP contribution in [-0.4, -0.2) is 46.9 Å². The summed E-state index contributed by atoms with van der Waals surface area (Å²) >= 11 is 5.98. The Bertz CT molecular complexity index is 871. The van der Waals surface area contributed by atoms with Gasteiger partial charge in [-0.05, 0) is 44.9 Å². The van der Waals surface area contributed by atoms with Gasteiger partial charge in [-0.3, -0.25) is 4.79 Å². The first-order valence-electron chi connectivity index (χ1n) is 7.98. The molecule has 0 aliphatic heterocycles. The lowest BCUT2D eigenvalue weighted by Crippen LogP contribution is -2.35. The van der Waals surface area contributed by atoms with Gasteiger partial charge in [0, 0.05) is 12.1 Å². The fourth-order valence-electron chi connectivity index (χ4n) is 2.49. The van der Waals surface area contributed by atoms with Crippen molar-refractivity contribution in [2.24, 2.45) is 0 Å². The summed E-state index contributed by atoms with van der Waals surface area (Å²) in [4.78, 5) is 14.5. The second-order valence-electron chi connectivity index (χ2n) is 6.05. The number of rotatable bonds is 7. The second kappa shape index (κ2) is 8.64. The lowest BCUT2D eigenvalue weighted by Gasteiger charge is -2.23. The van der Waals surface area contributed by atoms with Crippen molar-refractivity contribution in [3.63, 3.8) is 0 Å². The number of nitrogens with zero attached hydrogens (tertiary/aromatic N) is 1. The lowest BCUT2D eigenvalue weighted by atomic mass is 10.1. The van der Waals surface area contributed by atoms with Crippen molar-refractivity contribution in [1.82, 2.24) is 14.9 Å². The summed E-state index contributed by atoms with van der Waals surface area (Å²) in [6, 6.07) is 13.6. The Labute approximate surface area is 159 Å². The maximum atomic E-state index is 12.7. The van der Waals surface area contributed by atoms with Crippen LogP contribution in [0.3, 0.4) is 0 Å². The normalized spacial score (nSPS) is 12.8. The van der Waals surface area contributed by atoms with E-state index in [2.05, 4.69) is 10.0 Å². The van der Waals surface area contributed by atoms with Gasteiger partial charge in [0.1, 0.15) is 4.90 Å². The third kappa shape index (κ3) is 5.04. The maximum absolute atomic E-state index is 12.7. The van der Waals surface area contributed by atoms with Crippen LogP contribution < -0.4 is 10.0 Å². The molecular formula is C18H22ClN3O3S. The summed E-state index contributed by atoms with van der Waals surface area (Å²) in [5.41, 5.74) is 1.19. The number of amides is 1. The van der Waals surface area contributed by atoms with Gasteiger partial charge in [0.15, 0.2) is 0 Å². The maximum Gasteiger partial charge on any atom is 0.251 e. The number of hydrogen-bond acceptors (Lipinski definition) is 4. The summed E-state index contributed by atoms with van der Waals surface area (Å²) < 4.78 is 26.3. The molecule has 0 aliphatic rings. The number of nitrogens with one attached hydrogen (secondary N) is 2. The van der Waals surface area contributed by atoms with E-state index < -0.39 is 10.0 Å². The number of carbonyl (C=O) groups is 1. The van der Waals surface area contributed by atoms with Gasteiger partial charge in [0.2, 0.25) is 10.0 Å². The van der Waals surface area contributed by atoms with E-state index in [0.29, 0.717) is 6.54 Å². The zero-order chi connectivity index (χ0) is 19.3. The number of hydrogen-bond donors (Lipinski definition) is 2. The number of carbonyl (C=O) groups excluding carboxylic acids is 1. The van der Waals surface area contributed by atoms with Gasteiger partial charge in [-0.15, -0.1) is 0 Å². The molecule has 0 saturated carbocycles. The largest absolute Gasteiger partial charge is 0.344 e. The van der Waals surface area contributed by atoms with Gasteiger partial charge in [-0.25, -0.2) is 13.1 Å². The Kier molecular flexibility index (Phi) is 6.77. The molecule has 0 aliphatic carbocycles. The quantitative estimate of drug-likeness (QED) is 0.753.